The Morgan fingerprint density at radius 3 is 2.62 bits per heavy atom. The molecule has 148 valence electrons. The number of fused-ring (bicyclic) bond motifs is 1. The second-order valence-corrected chi connectivity index (χ2v) is 7.69. The first-order valence-electron chi connectivity index (χ1n) is 9.74. The number of amides is 2. The Hall–Kier alpha value is -3.34. The lowest BCUT2D eigenvalue weighted by molar-refractivity contribution is -0.132. The Morgan fingerprint density at radius 2 is 1.86 bits per heavy atom. The van der Waals surface area contributed by atoms with Crippen LogP contribution in [0, 0.1) is 6.92 Å². The first kappa shape index (κ1) is 19.0. The molecular formula is C24H24N2O3. The summed E-state index contributed by atoms with van der Waals surface area (Å²) < 4.78 is 5.47. The average molecular weight is 388 g/mol. The number of benzene rings is 2. The predicted molar refractivity (Wildman–Crippen MR) is 110 cm³/mol. The minimum atomic E-state index is -1.01. The summed E-state index contributed by atoms with van der Waals surface area (Å²) in [5.74, 6) is 0.322. The van der Waals surface area contributed by atoms with Gasteiger partial charge in [0.1, 0.15) is 11.3 Å². The van der Waals surface area contributed by atoms with Crippen LogP contribution in [0.3, 0.4) is 0 Å². The van der Waals surface area contributed by atoms with Gasteiger partial charge in [0, 0.05) is 18.5 Å². The Balaban J connectivity index is 1.64. The molecule has 2 amide bonds. The van der Waals surface area contributed by atoms with Gasteiger partial charge in [-0.1, -0.05) is 42.5 Å². The molecule has 2 heterocycles. The first-order chi connectivity index (χ1) is 14.0. The minimum absolute atomic E-state index is 0.156. The third-order valence-corrected chi connectivity index (χ3v) is 5.71. The van der Waals surface area contributed by atoms with E-state index in [1.54, 1.807) is 17.2 Å². The lowest BCUT2D eigenvalue weighted by atomic mass is 9.82. The Kier molecular flexibility index (Phi) is 4.97. The van der Waals surface area contributed by atoms with Crippen molar-refractivity contribution in [2.45, 2.75) is 38.9 Å². The maximum atomic E-state index is 13.4. The van der Waals surface area contributed by atoms with E-state index >= 15 is 0 Å². The van der Waals surface area contributed by atoms with Gasteiger partial charge in [-0.2, -0.15) is 0 Å². The van der Waals surface area contributed by atoms with Gasteiger partial charge < -0.3 is 14.6 Å². The molecule has 5 heteroatoms. The molecule has 1 aliphatic rings. The van der Waals surface area contributed by atoms with E-state index in [2.05, 4.69) is 5.32 Å². The zero-order chi connectivity index (χ0) is 20.4. The molecule has 1 atom stereocenters. The molecule has 0 aliphatic carbocycles. The molecule has 1 aromatic heterocycles. The lowest BCUT2D eigenvalue weighted by Gasteiger charge is -2.43. The molecule has 3 aromatic rings. The molecule has 29 heavy (non-hydrogen) atoms. The topological polar surface area (TPSA) is 62.6 Å². The maximum absolute atomic E-state index is 13.4. The molecule has 0 saturated heterocycles. The van der Waals surface area contributed by atoms with Crippen molar-refractivity contribution in [3.8, 4) is 0 Å². The van der Waals surface area contributed by atoms with Crippen LogP contribution in [-0.2, 0) is 24.3 Å². The largest absolute Gasteiger partial charge is 0.467 e. The smallest absolute Gasteiger partial charge is 0.255 e. The van der Waals surface area contributed by atoms with Crippen LogP contribution < -0.4 is 5.32 Å². The predicted octanol–water partition coefficient (Wildman–Crippen LogP) is 3.86. The van der Waals surface area contributed by atoms with Crippen LogP contribution in [0.15, 0.2) is 71.3 Å². The third kappa shape index (κ3) is 3.56. The van der Waals surface area contributed by atoms with Crippen molar-refractivity contribution < 1.29 is 14.0 Å². The number of rotatable bonds is 5. The SMILES string of the molecule is Cc1ccccc1CNC(=O)[C@@]1(C)Cc2ccccc2C(=O)N1Cc1ccco1. The van der Waals surface area contributed by atoms with E-state index in [-0.39, 0.29) is 18.4 Å². The summed E-state index contributed by atoms with van der Waals surface area (Å²) in [5, 5.41) is 3.05. The number of carbonyl (C=O) groups excluding carboxylic acids is 2. The van der Waals surface area contributed by atoms with Crippen LogP contribution in [-0.4, -0.2) is 22.3 Å². The van der Waals surface area contributed by atoms with Gasteiger partial charge in [0.05, 0.1) is 12.8 Å². The quantitative estimate of drug-likeness (QED) is 0.722. The monoisotopic (exact) mass is 388 g/mol. The summed E-state index contributed by atoms with van der Waals surface area (Å²) in [5.41, 5.74) is 2.70. The van der Waals surface area contributed by atoms with Crippen molar-refractivity contribution in [2.75, 3.05) is 0 Å². The van der Waals surface area contributed by atoms with Gasteiger partial charge in [0.2, 0.25) is 5.91 Å². The van der Waals surface area contributed by atoms with Crippen LogP contribution >= 0.6 is 0 Å². The zero-order valence-corrected chi connectivity index (χ0v) is 16.6. The van der Waals surface area contributed by atoms with Crippen molar-refractivity contribution in [2.24, 2.45) is 0 Å². The van der Waals surface area contributed by atoms with Gasteiger partial charge >= 0.3 is 0 Å². The molecule has 0 spiro atoms. The van der Waals surface area contributed by atoms with Crippen LogP contribution in [0.5, 0.6) is 0 Å². The molecule has 0 fully saturated rings. The number of nitrogens with zero attached hydrogens (tertiary/aromatic N) is 1. The molecular weight excluding hydrogens is 364 g/mol. The van der Waals surface area contributed by atoms with Gasteiger partial charge in [-0.25, -0.2) is 0 Å². The summed E-state index contributed by atoms with van der Waals surface area (Å²) in [6.45, 7) is 4.52. The zero-order valence-electron chi connectivity index (χ0n) is 16.6. The number of carbonyl (C=O) groups is 2. The standard InChI is InChI=1S/C24H24N2O3/c1-17-8-3-4-10-19(17)15-25-23(28)24(2)14-18-9-5-6-12-21(18)22(27)26(24)16-20-11-7-13-29-20/h3-13H,14-16H2,1-2H3,(H,25,28)/t24-/m1/s1. The maximum Gasteiger partial charge on any atom is 0.255 e. The number of hydrogen-bond donors (Lipinski definition) is 1. The molecule has 5 nitrogen and oxygen atoms in total. The Morgan fingerprint density at radius 1 is 1.10 bits per heavy atom. The van der Waals surface area contributed by atoms with E-state index in [1.165, 1.54) is 0 Å². The van der Waals surface area contributed by atoms with Gasteiger partial charge in [-0.05, 0) is 48.7 Å². The van der Waals surface area contributed by atoms with Gasteiger partial charge in [-0.15, -0.1) is 0 Å². The normalized spacial score (nSPS) is 18.4. The fraction of sp³-hybridized carbons (Fsp3) is 0.250. The molecule has 4 rings (SSSR count). The summed E-state index contributed by atoms with van der Waals surface area (Å²) in [4.78, 5) is 28.3. The fourth-order valence-corrected chi connectivity index (χ4v) is 3.90. The van der Waals surface area contributed by atoms with Gasteiger partial charge in [-0.3, -0.25) is 9.59 Å². The average Bonchev–Trinajstić information content (AvgIpc) is 3.23. The van der Waals surface area contributed by atoms with E-state index in [9.17, 15) is 9.59 Å². The second-order valence-electron chi connectivity index (χ2n) is 7.69. The highest BCUT2D eigenvalue weighted by atomic mass is 16.3. The molecule has 1 N–H and O–H groups in total. The van der Waals surface area contributed by atoms with E-state index in [0.717, 1.165) is 16.7 Å². The molecule has 0 radical (unpaired) electrons. The first-order valence-corrected chi connectivity index (χ1v) is 9.74. The molecule has 0 bridgehead atoms. The summed E-state index contributed by atoms with van der Waals surface area (Å²) in [6.07, 6.45) is 2.03. The lowest BCUT2D eigenvalue weighted by Crippen LogP contribution is -2.62. The fourth-order valence-electron chi connectivity index (χ4n) is 3.90. The highest BCUT2D eigenvalue weighted by Crippen LogP contribution is 2.33. The van der Waals surface area contributed by atoms with Crippen LogP contribution in [0.4, 0.5) is 0 Å². The van der Waals surface area contributed by atoms with Crippen LogP contribution in [0.25, 0.3) is 0 Å². The molecule has 0 saturated carbocycles. The van der Waals surface area contributed by atoms with E-state index < -0.39 is 5.54 Å². The highest BCUT2D eigenvalue weighted by molar-refractivity contribution is 6.02. The summed E-state index contributed by atoms with van der Waals surface area (Å²) in [7, 11) is 0. The van der Waals surface area contributed by atoms with Crippen molar-refractivity contribution in [3.05, 3.63) is 94.9 Å². The van der Waals surface area contributed by atoms with E-state index in [0.29, 0.717) is 24.3 Å². The van der Waals surface area contributed by atoms with Crippen molar-refractivity contribution >= 4 is 11.8 Å². The Labute approximate surface area is 170 Å². The molecule has 0 unspecified atom stereocenters. The number of hydrogen-bond acceptors (Lipinski definition) is 3. The molecule has 1 aliphatic heterocycles. The van der Waals surface area contributed by atoms with E-state index in [1.807, 2.05) is 68.4 Å². The minimum Gasteiger partial charge on any atom is -0.467 e. The van der Waals surface area contributed by atoms with Crippen molar-refractivity contribution in [3.63, 3.8) is 0 Å². The second kappa shape index (κ2) is 7.59. The summed E-state index contributed by atoms with van der Waals surface area (Å²) >= 11 is 0. The highest BCUT2D eigenvalue weighted by Gasteiger charge is 2.46. The van der Waals surface area contributed by atoms with Crippen molar-refractivity contribution in [1.29, 1.82) is 0 Å². The van der Waals surface area contributed by atoms with Gasteiger partial charge in [0.15, 0.2) is 0 Å². The van der Waals surface area contributed by atoms with Crippen LogP contribution in [0.1, 0.15) is 39.7 Å². The third-order valence-electron chi connectivity index (χ3n) is 5.71. The summed E-state index contributed by atoms with van der Waals surface area (Å²) in [6, 6.07) is 19.0. The number of furan rings is 1. The van der Waals surface area contributed by atoms with Crippen LogP contribution in [0.2, 0.25) is 0 Å². The number of nitrogens with one attached hydrogen (secondary N) is 1. The van der Waals surface area contributed by atoms with E-state index in [4.69, 9.17) is 4.42 Å². The Bertz CT molecular complexity index is 1040. The number of aryl methyl sites for hydroxylation is 1. The van der Waals surface area contributed by atoms with Gasteiger partial charge in [0.25, 0.3) is 5.91 Å². The van der Waals surface area contributed by atoms with Crippen molar-refractivity contribution in [1.82, 2.24) is 10.2 Å². The molecule has 2 aromatic carbocycles.